The van der Waals surface area contributed by atoms with Crippen molar-refractivity contribution in [3.63, 3.8) is 0 Å². The maximum atomic E-state index is 3.48. The first kappa shape index (κ1) is 16.0. The van der Waals surface area contributed by atoms with Gasteiger partial charge in [0.1, 0.15) is 0 Å². The van der Waals surface area contributed by atoms with Crippen molar-refractivity contribution >= 4 is 11.3 Å². The summed E-state index contributed by atoms with van der Waals surface area (Å²) in [6, 6.07) is 5.11. The molecule has 20 heavy (non-hydrogen) atoms. The summed E-state index contributed by atoms with van der Waals surface area (Å²) in [4.78, 5) is 7.96. The zero-order valence-electron chi connectivity index (χ0n) is 13.2. The van der Waals surface area contributed by atoms with Crippen LogP contribution in [0.15, 0.2) is 12.1 Å². The number of likely N-dealkylation sites (N-methyl/N-ethyl adjacent to an activating group) is 1. The highest BCUT2D eigenvalue weighted by Crippen LogP contribution is 2.18. The summed E-state index contributed by atoms with van der Waals surface area (Å²) in [5.41, 5.74) is 0. The Bertz CT molecular complexity index is 383. The smallest absolute Gasteiger partial charge is 0.0325 e. The summed E-state index contributed by atoms with van der Waals surface area (Å²) < 4.78 is 0. The van der Waals surface area contributed by atoms with Crippen molar-refractivity contribution in [2.45, 2.75) is 45.8 Å². The van der Waals surface area contributed by atoms with Crippen molar-refractivity contribution in [1.29, 1.82) is 0 Å². The number of hydrogen-bond donors (Lipinski definition) is 1. The van der Waals surface area contributed by atoms with E-state index in [1.54, 1.807) is 0 Å². The number of nitrogens with zero attached hydrogens (tertiary/aromatic N) is 2. The van der Waals surface area contributed by atoms with Gasteiger partial charge in [-0.3, -0.25) is 0 Å². The van der Waals surface area contributed by atoms with Crippen LogP contribution in [0, 0.1) is 0 Å². The quantitative estimate of drug-likeness (QED) is 0.795. The molecule has 114 valence electrons. The van der Waals surface area contributed by atoms with Crippen LogP contribution >= 0.6 is 11.3 Å². The van der Waals surface area contributed by atoms with E-state index in [9.17, 15) is 0 Å². The monoisotopic (exact) mass is 295 g/mol. The lowest BCUT2D eigenvalue weighted by atomic mass is 10.3. The molecule has 0 unspecified atom stereocenters. The molecule has 0 amide bonds. The van der Waals surface area contributed by atoms with Crippen molar-refractivity contribution in [3.05, 3.63) is 21.9 Å². The van der Waals surface area contributed by atoms with E-state index in [1.165, 1.54) is 48.8 Å². The van der Waals surface area contributed by atoms with Gasteiger partial charge in [0.15, 0.2) is 0 Å². The van der Waals surface area contributed by atoms with Gasteiger partial charge in [0, 0.05) is 42.0 Å². The molecule has 1 aromatic rings. The molecular weight excluding hydrogens is 266 g/mol. The molecular formula is C16H29N3S. The molecule has 2 rings (SSSR count). The first-order chi connectivity index (χ1) is 9.63. The van der Waals surface area contributed by atoms with Gasteiger partial charge in [-0.05, 0) is 45.1 Å². The third kappa shape index (κ3) is 5.52. The van der Waals surface area contributed by atoms with Crippen molar-refractivity contribution in [3.8, 4) is 0 Å². The lowest BCUT2D eigenvalue weighted by Gasteiger charge is -2.20. The van der Waals surface area contributed by atoms with Gasteiger partial charge in [-0.1, -0.05) is 13.8 Å². The average Bonchev–Trinajstić information content (AvgIpc) is 3.05. The highest BCUT2D eigenvalue weighted by Gasteiger charge is 2.12. The Morgan fingerprint density at radius 1 is 1.25 bits per heavy atom. The van der Waals surface area contributed by atoms with Crippen molar-refractivity contribution in [2.24, 2.45) is 0 Å². The molecule has 1 saturated heterocycles. The fourth-order valence-corrected chi connectivity index (χ4v) is 3.62. The van der Waals surface area contributed by atoms with E-state index in [2.05, 4.69) is 48.1 Å². The second kappa shape index (κ2) is 8.13. The summed E-state index contributed by atoms with van der Waals surface area (Å²) in [5, 5.41) is 3.48. The molecule has 0 spiro atoms. The van der Waals surface area contributed by atoms with Crippen molar-refractivity contribution in [1.82, 2.24) is 15.1 Å². The van der Waals surface area contributed by atoms with E-state index < -0.39 is 0 Å². The number of likely N-dealkylation sites (tertiary alicyclic amines) is 1. The van der Waals surface area contributed by atoms with Crippen LogP contribution in [-0.2, 0) is 13.1 Å². The Hall–Kier alpha value is -0.420. The van der Waals surface area contributed by atoms with E-state index in [0.717, 1.165) is 13.1 Å². The molecule has 3 nitrogen and oxygen atoms in total. The van der Waals surface area contributed by atoms with E-state index in [0.29, 0.717) is 6.04 Å². The standard InChI is InChI=1S/C16H29N3S/c1-14(2)17-12-15-6-7-16(20-15)13-18(3)10-11-19-8-4-5-9-19/h6-7,14,17H,4-5,8-13H2,1-3H3. The summed E-state index contributed by atoms with van der Waals surface area (Å²) in [6.45, 7) is 11.5. The van der Waals surface area contributed by atoms with E-state index in [-0.39, 0.29) is 0 Å². The van der Waals surface area contributed by atoms with E-state index in [4.69, 9.17) is 0 Å². The summed E-state index contributed by atoms with van der Waals surface area (Å²) in [5.74, 6) is 0. The summed E-state index contributed by atoms with van der Waals surface area (Å²) in [6.07, 6.45) is 2.78. The minimum atomic E-state index is 0.559. The second-order valence-corrected chi connectivity index (χ2v) is 7.44. The largest absolute Gasteiger partial charge is 0.310 e. The van der Waals surface area contributed by atoms with Crippen LogP contribution in [0.4, 0.5) is 0 Å². The number of nitrogens with one attached hydrogen (secondary N) is 1. The Kier molecular flexibility index (Phi) is 6.49. The van der Waals surface area contributed by atoms with Gasteiger partial charge in [-0.25, -0.2) is 0 Å². The molecule has 0 radical (unpaired) electrons. The van der Waals surface area contributed by atoms with Gasteiger partial charge in [-0.2, -0.15) is 0 Å². The molecule has 1 fully saturated rings. The van der Waals surface area contributed by atoms with Gasteiger partial charge in [-0.15, -0.1) is 11.3 Å². The van der Waals surface area contributed by atoms with Gasteiger partial charge in [0.2, 0.25) is 0 Å². The number of thiophene rings is 1. The first-order valence-electron chi connectivity index (χ1n) is 7.85. The highest BCUT2D eigenvalue weighted by atomic mass is 32.1. The highest BCUT2D eigenvalue weighted by molar-refractivity contribution is 7.11. The molecule has 0 aliphatic carbocycles. The van der Waals surface area contributed by atoms with Crippen LogP contribution in [0.3, 0.4) is 0 Å². The van der Waals surface area contributed by atoms with Crippen LogP contribution in [-0.4, -0.2) is 49.1 Å². The van der Waals surface area contributed by atoms with Crippen LogP contribution in [0.1, 0.15) is 36.4 Å². The molecule has 2 heterocycles. The Balaban J connectivity index is 1.69. The second-order valence-electron chi connectivity index (χ2n) is 6.19. The minimum Gasteiger partial charge on any atom is -0.310 e. The van der Waals surface area contributed by atoms with Gasteiger partial charge in [0.05, 0.1) is 0 Å². The maximum absolute atomic E-state index is 3.48. The molecule has 1 N–H and O–H groups in total. The summed E-state index contributed by atoms with van der Waals surface area (Å²) in [7, 11) is 2.24. The average molecular weight is 295 g/mol. The van der Waals surface area contributed by atoms with Gasteiger partial charge in [0.25, 0.3) is 0 Å². The first-order valence-corrected chi connectivity index (χ1v) is 8.67. The van der Waals surface area contributed by atoms with Gasteiger partial charge < -0.3 is 15.1 Å². The normalized spacial score (nSPS) is 16.6. The third-order valence-corrected chi connectivity index (χ3v) is 4.89. The lowest BCUT2D eigenvalue weighted by Crippen LogP contribution is -2.30. The predicted molar refractivity (Wildman–Crippen MR) is 88.3 cm³/mol. The van der Waals surface area contributed by atoms with Crippen LogP contribution in [0.5, 0.6) is 0 Å². The van der Waals surface area contributed by atoms with Crippen molar-refractivity contribution in [2.75, 3.05) is 33.2 Å². The number of rotatable bonds is 8. The molecule has 1 aromatic heterocycles. The van der Waals surface area contributed by atoms with Gasteiger partial charge >= 0.3 is 0 Å². The molecule has 0 saturated carbocycles. The molecule has 1 aliphatic rings. The predicted octanol–water partition coefficient (Wildman–Crippen LogP) is 2.77. The molecule has 0 bridgehead atoms. The molecule has 1 aliphatic heterocycles. The topological polar surface area (TPSA) is 18.5 Å². The molecule has 0 aromatic carbocycles. The summed E-state index contributed by atoms with van der Waals surface area (Å²) >= 11 is 1.94. The third-order valence-electron chi connectivity index (χ3n) is 3.82. The Labute approximate surface area is 128 Å². The van der Waals surface area contributed by atoms with Crippen molar-refractivity contribution < 1.29 is 0 Å². The van der Waals surface area contributed by atoms with Crippen LogP contribution < -0.4 is 5.32 Å². The minimum absolute atomic E-state index is 0.559. The van der Waals surface area contributed by atoms with Crippen LogP contribution in [0.25, 0.3) is 0 Å². The SMILES string of the molecule is CC(C)NCc1ccc(CN(C)CCN2CCCC2)s1. The fraction of sp³-hybridized carbons (Fsp3) is 0.750. The fourth-order valence-electron chi connectivity index (χ4n) is 2.57. The zero-order chi connectivity index (χ0) is 14.4. The Morgan fingerprint density at radius 3 is 2.65 bits per heavy atom. The maximum Gasteiger partial charge on any atom is 0.0325 e. The van der Waals surface area contributed by atoms with E-state index in [1.807, 2.05) is 11.3 Å². The molecule has 0 atom stereocenters. The Morgan fingerprint density at radius 2 is 1.95 bits per heavy atom. The van der Waals surface area contributed by atoms with E-state index >= 15 is 0 Å². The molecule has 4 heteroatoms. The van der Waals surface area contributed by atoms with Crippen LogP contribution in [0.2, 0.25) is 0 Å². The lowest BCUT2D eigenvalue weighted by molar-refractivity contribution is 0.253. The number of hydrogen-bond acceptors (Lipinski definition) is 4. The zero-order valence-corrected chi connectivity index (χ0v) is 14.0.